The molecule has 1 unspecified atom stereocenters. The van der Waals surface area contributed by atoms with E-state index in [9.17, 15) is 9.90 Å². The van der Waals surface area contributed by atoms with E-state index >= 15 is 0 Å². The molecule has 0 radical (unpaired) electrons. The molecule has 0 saturated heterocycles. The lowest BCUT2D eigenvalue weighted by atomic mass is 9.90. The number of benzene rings is 1. The minimum absolute atomic E-state index is 0.174. The molecule has 156 valence electrons. The number of carbonyl (C=O) groups excluding carboxylic acids is 1. The Morgan fingerprint density at radius 2 is 2.00 bits per heavy atom. The predicted molar refractivity (Wildman–Crippen MR) is 108 cm³/mol. The molecule has 1 saturated carbocycles. The number of fused-ring (bicyclic) bond motifs is 2. The first-order valence-electron chi connectivity index (χ1n) is 10.3. The van der Waals surface area contributed by atoms with Gasteiger partial charge in [-0.25, -0.2) is 4.79 Å². The van der Waals surface area contributed by atoms with Crippen molar-refractivity contribution in [3.05, 3.63) is 34.6 Å². The second kappa shape index (κ2) is 7.41. The Balaban J connectivity index is 1.86. The molecule has 4 rings (SSSR count). The largest absolute Gasteiger partial charge is 0.496 e. The topological polar surface area (TPSA) is 74.2 Å². The zero-order chi connectivity index (χ0) is 20.8. The van der Waals surface area contributed by atoms with E-state index in [0.717, 1.165) is 42.4 Å². The molecule has 1 atom stereocenters. The predicted octanol–water partition coefficient (Wildman–Crippen LogP) is 3.94. The summed E-state index contributed by atoms with van der Waals surface area (Å²) in [5.74, 6) is 1.53. The number of rotatable bonds is 4. The van der Waals surface area contributed by atoms with Crippen molar-refractivity contribution in [1.29, 1.82) is 0 Å². The number of hydrogen-bond donors (Lipinski definition) is 1. The molecule has 1 aliphatic carbocycles. The molecule has 1 aromatic carbocycles. The first-order chi connectivity index (χ1) is 13.8. The number of esters is 1. The van der Waals surface area contributed by atoms with Crippen LogP contribution in [-0.4, -0.2) is 36.5 Å². The highest BCUT2D eigenvalue weighted by molar-refractivity contribution is 5.96. The van der Waals surface area contributed by atoms with Gasteiger partial charge in [0.2, 0.25) is 5.76 Å². The van der Waals surface area contributed by atoms with E-state index in [1.807, 2.05) is 0 Å². The Bertz CT molecular complexity index is 895. The molecule has 6 heteroatoms. The van der Waals surface area contributed by atoms with Crippen LogP contribution in [0.3, 0.4) is 0 Å². The fourth-order valence-corrected chi connectivity index (χ4v) is 4.29. The van der Waals surface area contributed by atoms with Crippen molar-refractivity contribution < 1.29 is 28.8 Å². The van der Waals surface area contributed by atoms with Crippen LogP contribution in [0, 0.1) is 0 Å². The molecule has 1 fully saturated rings. The van der Waals surface area contributed by atoms with Gasteiger partial charge in [0, 0.05) is 18.1 Å². The second-order valence-electron chi connectivity index (χ2n) is 8.28. The smallest absolute Gasteiger partial charge is 0.374 e. The van der Waals surface area contributed by atoms with Crippen LogP contribution in [-0.2, 0) is 16.0 Å². The molecule has 0 aromatic heterocycles. The van der Waals surface area contributed by atoms with Crippen LogP contribution in [0.2, 0.25) is 0 Å². The van der Waals surface area contributed by atoms with Crippen molar-refractivity contribution in [3.63, 3.8) is 0 Å². The monoisotopic (exact) mass is 400 g/mol. The third-order valence-electron chi connectivity index (χ3n) is 5.79. The maximum atomic E-state index is 12.4. The molecule has 0 bridgehead atoms. The van der Waals surface area contributed by atoms with E-state index in [1.165, 1.54) is 5.57 Å². The van der Waals surface area contributed by atoms with Gasteiger partial charge in [-0.3, -0.25) is 0 Å². The third kappa shape index (κ3) is 3.50. The van der Waals surface area contributed by atoms with E-state index < -0.39 is 11.6 Å². The summed E-state index contributed by atoms with van der Waals surface area (Å²) in [7, 11) is 1.63. The first-order valence-corrected chi connectivity index (χ1v) is 10.3. The summed E-state index contributed by atoms with van der Waals surface area (Å²) in [5, 5.41) is 10.4. The molecule has 0 spiro atoms. The molecular formula is C23H28O6. The minimum atomic E-state index is -0.994. The standard InChI is InChI=1S/C23H28O6/c1-5-27-22(24)18-10-14(13-8-6-7-9-13)20-17(28-18)12-16-15(21(20)26-4)11-19(29-16)23(2,3)25/h10,12,19,25H,5-9,11H2,1-4H3. The molecule has 6 nitrogen and oxygen atoms in total. The summed E-state index contributed by atoms with van der Waals surface area (Å²) in [4.78, 5) is 12.4. The lowest BCUT2D eigenvalue weighted by molar-refractivity contribution is -0.141. The summed E-state index contributed by atoms with van der Waals surface area (Å²) in [6.45, 7) is 5.52. The maximum absolute atomic E-state index is 12.4. The minimum Gasteiger partial charge on any atom is -0.496 e. The molecule has 0 amide bonds. The molecule has 2 heterocycles. The number of aliphatic hydroxyl groups is 1. The lowest BCUT2D eigenvalue weighted by Crippen LogP contribution is -2.39. The van der Waals surface area contributed by atoms with E-state index in [1.54, 1.807) is 40.0 Å². The van der Waals surface area contributed by atoms with Crippen LogP contribution in [0.5, 0.6) is 17.2 Å². The van der Waals surface area contributed by atoms with Crippen molar-refractivity contribution in [2.45, 2.75) is 64.6 Å². The Kier molecular flexibility index (Phi) is 5.07. The number of methoxy groups -OCH3 is 1. The average molecular weight is 400 g/mol. The molecule has 2 aliphatic heterocycles. The van der Waals surface area contributed by atoms with Crippen molar-refractivity contribution in [2.24, 2.45) is 0 Å². The number of allylic oxidation sites excluding steroid dienone is 3. The molecule has 29 heavy (non-hydrogen) atoms. The van der Waals surface area contributed by atoms with Gasteiger partial charge >= 0.3 is 5.97 Å². The van der Waals surface area contributed by atoms with Gasteiger partial charge in [0.1, 0.15) is 23.4 Å². The van der Waals surface area contributed by atoms with Crippen LogP contribution in [0.25, 0.3) is 5.57 Å². The van der Waals surface area contributed by atoms with Crippen molar-refractivity contribution in [1.82, 2.24) is 0 Å². The van der Waals surface area contributed by atoms with Gasteiger partial charge in [-0.1, -0.05) is 5.57 Å². The Morgan fingerprint density at radius 1 is 1.28 bits per heavy atom. The van der Waals surface area contributed by atoms with Crippen LogP contribution in [0.1, 0.15) is 57.6 Å². The van der Waals surface area contributed by atoms with Crippen molar-refractivity contribution in [2.75, 3.05) is 13.7 Å². The van der Waals surface area contributed by atoms with Gasteiger partial charge in [-0.2, -0.15) is 0 Å². The third-order valence-corrected chi connectivity index (χ3v) is 5.79. The highest BCUT2D eigenvalue weighted by Gasteiger charge is 2.40. The van der Waals surface area contributed by atoms with E-state index in [4.69, 9.17) is 18.9 Å². The Hall–Kier alpha value is -2.47. The number of carbonyl (C=O) groups is 1. The maximum Gasteiger partial charge on any atom is 0.374 e. The normalized spacial score (nSPS) is 20.4. The van der Waals surface area contributed by atoms with Gasteiger partial charge in [0.25, 0.3) is 0 Å². The summed E-state index contributed by atoms with van der Waals surface area (Å²) in [6.07, 6.45) is 6.21. The molecule has 3 aliphatic rings. The fraction of sp³-hybridized carbons (Fsp3) is 0.522. The van der Waals surface area contributed by atoms with Gasteiger partial charge in [0.15, 0.2) is 0 Å². The van der Waals surface area contributed by atoms with Gasteiger partial charge in [-0.05, 0) is 58.1 Å². The summed E-state index contributed by atoms with van der Waals surface area (Å²) >= 11 is 0. The second-order valence-corrected chi connectivity index (χ2v) is 8.28. The lowest BCUT2D eigenvalue weighted by Gasteiger charge is -2.24. The van der Waals surface area contributed by atoms with Gasteiger partial charge < -0.3 is 24.1 Å². The van der Waals surface area contributed by atoms with Crippen LogP contribution in [0.4, 0.5) is 0 Å². The molecule has 1 N–H and O–H groups in total. The van der Waals surface area contributed by atoms with Crippen LogP contribution < -0.4 is 14.2 Å². The number of ether oxygens (including phenoxy) is 4. The van der Waals surface area contributed by atoms with E-state index in [0.29, 0.717) is 23.7 Å². The SMILES string of the molecule is CCOC(=O)C1=CC(=C2CCCC2)c2c(cc3c(c2OC)CC(C(C)(C)O)O3)O1. The summed E-state index contributed by atoms with van der Waals surface area (Å²) < 4.78 is 23.0. The van der Waals surface area contributed by atoms with Gasteiger partial charge in [-0.15, -0.1) is 0 Å². The molecule has 1 aromatic rings. The van der Waals surface area contributed by atoms with Crippen LogP contribution >= 0.6 is 0 Å². The number of hydrogen-bond acceptors (Lipinski definition) is 6. The fourth-order valence-electron chi connectivity index (χ4n) is 4.29. The highest BCUT2D eigenvalue weighted by Crippen LogP contribution is 2.51. The van der Waals surface area contributed by atoms with Crippen LogP contribution in [0.15, 0.2) is 23.5 Å². The Labute approximate surface area is 171 Å². The molecular weight excluding hydrogens is 372 g/mol. The zero-order valence-corrected chi connectivity index (χ0v) is 17.5. The summed E-state index contributed by atoms with van der Waals surface area (Å²) in [6, 6.07) is 1.81. The Morgan fingerprint density at radius 3 is 2.62 bits per heavy atom. The summed E-state index contributed by atoms with van der Waals surface area (Å²) in [5.41, 5.74) is 3.07. The first kappa shape index (κ1) is 19.8. The van der Waals surface area contributed by atoms with Crippen molar-refractivity contribution in [3.8, 4) is 17.2 Å². The highest BCUT2D eigenvalue weighted by atomic mass is 16.6. The average Bonchev–Trinajstić information content (AvgIpc) is 3.34. The van der Waals surface area contributed by atoms with Gasteiger partial charge in [0.05, 0.1) is 24.9 Å². The van der Waals surface area contributed by atoms with Crippen molar-refractivity contribution >= 4 is 11.5 Å². The zero-order valence-electron chi connectivity index (χ0n) is 17.5. The van der Waals surface area contributed by atoms with E-state index in [-0.39, 0.29) is 18.5 Å². The van der Waals surface area contributed by atoms with E-state index in [2.05, 4.69) is 0 Å². The quantitative estimate of drug-likeness (QED) is 0.772.